The fourth-order valence-corrected chi connectivity index (χ4v) is 5.31. The van der Waals surface area contributed by atoms with E-state index in [0.717, 1.165) is 45.1 Å². The zero-order valence-corrected chi connectivity index (χ0v) is 19.2. The number of hydrogen-bond donors (Lipinski definition) is 2. The van der Waals surface area contributed by atoms with E-state index in [9.17, 15) is 14.7 Å². The second-order valence-electron chi connectivity index (χ2n) is 9.62. The van der Waals surface area contributed by atoms with Crippen LogP contribution in [-0.4, -0.2) is 64.4 Å². The van der Waals surface area contributed by atoms with Gasteiger partial charge in [0.1, 0.15) is 6.54 Å². The van der Waals surface area contributed by atoms with Crippen LogP contribution in [0.2, 0.25) is 0 Å². The molecule has 1 saturated carbocycles. The fraction of sp³-hybridized carbons (Fsp3) is 0.520. The SMILES string of the molecule is C[N@@+]1(CC(=O)Nc2cccnn2)CCCC(OC(=O)C(O)(c2ccccc2)C2CCCC2)C1. The van der Waals surface area contributed by atoms with Gasteiger partial charge >= 0.3 is 5.97 Å². The Morgan fingerprint density at radius 3 is 2.58 bits per heavy atom. The molecule has 1 aromatic carbocycles. The van der Waals surface area contributed by atoms with Crippen LogP contribution in [0.3, 0.4) is 0 Å². The monoisotopic (exact) mass is 453 g/mol. The normalized spacial score (nSPS) is 25.2. The van der Waals surface area contributed by atoms with Crippen LogP contribution in [0.15, 0.2) is 48.7 Å². The third kappa shape index (κ3) is 5.39. The zero-order chi connectivity index (χ0) is 23.3. The number of quaternary nitrogens is 1. The number of esters is 1. The average Bonchev–Trinajstić information content (AvgIpc) is 3.35. The van der Waals surface area contributed by atoms with Gasteiger partial charge in [0.15, 0.2) is 24.1 Å². The second-order valence-corrected chi connectivity index (χ2v) is 9.62. The van der Waals surface area contributed by atoms with Crippen LogP contribution >= 0.6 is 0 Å². The lowest BCUT2D eigenvalue weighted by Gasteiger charge is -2.41. The van der Waals surface area contributed by atoms with E-state index in [4.69, 9.17) is 4.74 Å². The van der Waals surface area contributed by atoms with Crippen molar-refractivity contribution in [3.8, 4) is 0 Å². The molecule has 0 radical (unpaired) electrons. The summed E-state index contributed by atoms with van der Waals surface area (Å²) in [5.74, 6) is -0.451. The molecule has 1 aromatic heterocycles. The van der Waals surface area contributed by atoms with Gasteiger partial charge in [-0.1, -0.05) is 43.2 Å². The lowest BCUT2D eigenvalue weighted by Crippen LogP contribution is -2.57. The van der Waals surface area contributed by atoms with E-state index in [1.165, 1.54) is 0 Å². The number of carbonyl (C=O) groups excluding carboxylic acids is 2. The lowest BCUT2D eigenvalue weighted by molar-refractivity contribution is -0.909. The Hall–Kier alpha value is -2.84. The maximum absolute atomic E-state index is 13.4. The van der Waals surface area contributed by atoms with Gasteiger partial charge in [-0.3, -0.25) is 4.79 Å². The van der Waals surface area contributed by atoms with Gasteiger partial charge in [0.05, 0.1) is 13.6 Å². The molecular formula is C25H33N4O4+. The molecule has 176 valence electrons. The lowest BCUT2D eigenvalue weighted by atomic mass is 9.80. The number of aliphatic hydroxyl groups is 1. The molecular weight excluding hydrogens is 420 g/mol. The Balaban J connectivity index is 1.43. The number of amides is 1. The first-order valence-corrected chi connectivity index (χ1v) is 11.8. The fourth-order valence-electron chi connectivity index (χ4n) is 5.31. The number of carbonyl (C=O) groups is 2. The Morgan fingerprint density at radius 1 is 1.12 bits per heavy atom. The average molecular weight is 454 g/mol. The van der Waals surface area contributed by atoms with Crippen molar-refractivity contribution in [1.29, 1.82) is 0 Å². The van der Waals surface area contributed by atoms with Crippen molar-refractivity contribution in [3.63, 3.8) is 0 Å². The van der Waals surface area contributed by atoms with Gasteiger partial charge in [-0.05, 0) is 37.0 Å². The van der Waals surface area contributed by atoms with Crippen molar-refractivity contribution in [2.75, 3.05) is 32.0 Å². The second kappa shape index (κ2) is 9.97. The molecule has 2 unspecified atom stereocenters. The highest BCUT2D eigenvalue weighted by molar-refractivity contribution is 5.90. The minimum absolute atomic E-state index is 0.144. The van der Waals surface area contributed by atoms with Crippen molar-refractivity contribution in [1.82, 2.24) is 10.2 Å². The van der Waals surface area contributed by atoms with Crippen LogP contribution in [0.1, 0.15) is 44.1 Å². The number of likely N-dealkylation sites (tertiary alicyclic amines) is 1. The number of ether oxygens (including phenoxy) is 1. The molecule has 0 bridgehead atoms. The third-order valence-electron chi connectivity index (χ3n) is 6.98. The summed E-state index contributed by atoms with van der Waals surface area (Å²) in [4.78, 5) is 26.0. The Labute approximate surface area is 194 Å². The van der Waals surface area contributed by atoms with Gasteiger partial charge in [-0.15, -0.1) is 5.10 Å². The summed E-state index contributed by atoms with van der Waals surface area (Å²) < 4.78 is 6.42. The topological polar surface area (TPSA) is 101 Å². The quantitative estimate of drug-likeness (QED) is 0.494. The Morgan fingerprint density at radius 2 is 1.88 bits per heavy atom. The number of piperidine rings is 1. The number of rotatable bonds is 7. The van der Waals surface area contributed by atoms with Gasteiger partial charge in [0, 0.05) is 18.5 Å². The van der Waals surface area contributed by atoms with Crippen LogP contribution in [0.4, 0.5) is 5.82 Å². The highest BCUT2D eigenvalue weighted by Crippen LogP contribution is 2.42. The van der Waals surface area contributed by atoms with E-state index in [-0.39, 0.29) is 24.5 Å². The van der Waals surface area contributed by atoms with Gasteiger partial charge < -0.3 is 19.6 Å². The smallest absolute Gasteiger partial charge is 0.343 e. The first kappa shape index (κ1) is 23.3. The Kier molecular flexibility index (Phi) is 7.05. The van der Waals surface area contributed by atoms with E-state index in [0.29, 0.717) is 22.4 Å². The molecule has 0 spiro atoms. The molecule has 1 aliphatic heterocycles. The molecule has 33 heavy (non-hydrogen) atoms. The summed E-state index contributed by atoms with van der Waals surface area (Å²) in [5.41, 5.74) is -1.04. The highest BCUT2D eigenvalue weighted by atomic mass is 16.6. The first-order valence-electron chi connectivity index (χ1n) is 11.8. The molecule has 8 nitrogen and oxygen atoms in total. The predicted octanol–water partition coefficient (Wildman–Crippen LogP) is 2.65. The number of nitrogens with zero attached hydrogens (tertiary/aromatic N) is 3. The summed E-state index contributed by atoms with van der Waals surface area (Å²) >= 11 is 0. The number of benzene rings is 1. The summed E-state index contributed by atoms with van der Waals surface area (Å²) in [5, 5.41) is 22.1. The molecule has 3 atom stereocenters. The van der Waals surface area contributed by atoms with Crippen LogP contribution < -0.4 is 5.32 Å². The largest absolute Gasteiger partial charge is 0.454 e. The van der Waals surface area contributed by atoms with Gasteiger partial charge in [-0.2, -0.15) is 5.10 Å². The number of likely N-dealkylation sites (N-methyl/N-ethyl adjacent to an activating group) is 1. The van der Waals surface area contributed by atoms with Crippen molar-refractivity contribution in [2.24, 2.45) is 5.92 Å². The third-order valence-corrected chi connectivity index (χ3v) is 6.98. The molecule has 2 aliphatic rings. The first-order chi connectivity index (χ1) is 15.9. The summed E-state index contributed by atoms with van der Waals surface area (Å²) in [7, 11) is 2.00. The molecule has 8 heteroatoms. The maximum Gasteiger partial charge on any atom is 0.343 e. The standard InChI is InChI=1S/C25H32N4O4/c1-29(18-23(30)27-22-14-7-15-26-28-22)16-8-13-21(17-29)33-24(31)25(32,20-11-5-6-12-20)19-9-3-2-4-10-19/h2-4,7,9-10,14-15,20-21,32H,5-6,8,11-13,16-18H2,1H3/p+1/t21?,25?,29-/m1/s1. The van der Waals surface area contributed by atoms with Gasteiger partial charge in [0.25, 0.3) is 5.91 Å². The molecule has 2 aromatic rings. The van der Waals surface area contributed by atoms with Crippen molar-refractivity contribution >= 4 is 17.7 Å². The molecule has 4 rings (SSSR count). The van der Waals surface area contributed by atoms with E-state index in [1.54, 1.807) is 30.5 Å². The number of aromatic nitrogens is 2. The number of nitrogens with one attached hydrogen (secondary N) is 1. The molecule has 2 N–H and O–H groups in total. The van der Waals surface area contributed by atoms with Gasteiger partial charge in [-0.25, -0.2) is 4.79 Å². The zero-order valence-electron chi connectivity index (χ0n) is 19.2. The number of anilines is 1. The van der Waals surface area contributed by atoms with E-state index in [1.807, 2.05) is 25.2 Å². The van der Waals surface area contributed by atoms with Crippen molar-refractivity contribution in [3.05, 3.63) is 54.2 Å². The summed E-state index contributed by atoms with van der Waals surface area (Å²) in [6.07, 6.45) is 6.38. The Bertz CT molecular complexity index is 951. The van der Waals surface area contributed by atoms with Crippen LogP contribution in [0, 0.1) is 5.92 Å². The summed E-state index contributed by atoms with van der Waals surface area (Å²) in [6, 6.07) is 12.6. The van der Waals surface area contributed by atoms with Crippen LogP contribution in [-0.2, 0) is 19.9 Å². The molecule has 1 amide bonds. The minimum atomic E-state index is -1.64. The van der Waals surface area contributed by atoms with Crippen molar-refractivity contribution < 1.29 is 23.9 Å². The summed E-state index contributed by atoms with van der Waals surface area (Å²) in [6.45, 7) is 1.58. The van der Waals surface area contributed by atoms with Crippen LogP contribution in [0.5, 0.6) is 0 Å². The predicted molar refractivity (Wildman–Crippen MR) is 123 cm³/mol. The van der Waals surface area contributed by atoms with E-state index in [2.05, 4.69) is 15.5 Å². The molecule has 1 saturated heterocycles. The van der Waals surface area contributed by atoms with Crippen molar-refractivity contribution in [2.45, 2.75) is 50.2 Å². The molecule has 2 heterocycles. The van der Waals surface area contributed by atoms with Gasteiger partial charge in [0.2, 0.25) is 0 Å². The minimum Gasteiger partial charge on any atom is -0.454 e. The van der Waals surface area contributed by atoms with E-state index >= 15 is 0 Å². The maximum atomic E-state index is 13.4. The molecule has 1 aliphatic carbocycles. The van der Waals surface area contributed by atoms with E-state index < -0.39 is 11.6 Å². The highest BCUT2D eigenvalue weighted by Gasteiger charge is 2.49. The number of hydrogen-bond acceptors (Lipinski definition) is 6. The molecule has 2 fully saturated rings. The van der Waals surface area contributed by atoms with Crippen LogP contribution in [0.25, 0.3) is 0 Å².